The van der Waals surface area contributed by atoms with Gasteiger partial charge in [-0.2, -0.15) is 10.1 Å². The smallest absolute Gasteiger partial charge is 0.343 e. The van der Waals surface area contributed by atoms with E-state index in [2.05, 4.69) is 25.0 Å². The molecule has 0 unspecified atom stereocenters. The second-order valence-corrected chi connectivity index (χ2v) is 7.27. The molecule has 0 fully saturated rings. The summed E-state index contributed by atoms with van der Waals surface area (Å²) in [6.45, 7) is 1.61. The minimum Gasteiger partial charge on any atom is -0.465 e. The SMILES string of the molecule is COC(=O)c1c(C)nn2c1ncc1c(=O)n(-c3nc4c(ncn4COCCO)c(=O)[nH]3)ccc12. The molecule has 0 saturated carbocycles. The molecular formula is C20H18N8O6. The average molecular weight is 466 g/mol. The van der Waals surface area contributed by atoms with Gasteiger partial charge in [-0.1, -0.05) is 0 Å². The minimum atomic E-state index is -0.581. The number of aliphatic hydroxyl groups is 1. The molecule has 174 valence electrons. The highest BCUT2D eigenvalue weighted by molar-refractivity contribution is 5.98. The number of methoxy groups -OCH3 is 1. The highest BCUT2D eigenvalue weighted by atomic mass is 16.5. The third-order valence-electron chi connectivity index (χ3n) is 5.23. The van der Waals surface area contributed by atoms with E-state index in [0.717, 1.165) is 0 Å². The van der Waals surface area contributed by atoms with Gasteiger partial charge in [0.1, 0.15) is 12.3 Å². The summed E-state index contributed by atoms with van der Waals surface area (Å²) in [6.07, 6.45) is 4.16. The van der Waals surface area contributed by atoms with Gasteiger partial charge in [-0.3, -0.25) is 23.7 Å². The molecule has 5 rings (SSSR count). The zero-order chi connectivity index (χ0) is 24.0. The number of nitrogens with zero attached hydrogens (tertiary/aromatic N) is 7. The Morgan fingerprint density at radius 1 is 1.24 bits per heavy atom. The summed E-state index contributed by atoms with van der Waals surface area (Å²) < 4.78 is 14.1. The Hall–Kier alpha value is -4.43. The van der Waals surface area contributed by atoms with Crippen LogP contribution in [0, 0.1) is 6.92 Å². The lowest BCUT2D eigenvalue weighted by Crippen LogP contribution is -2.24. The van der Waals surface area contributed by atoms with Crippen molar-refractivity contribution < 1.29 is 19.4 Å². The van der Waals surface area contributed by atoms with Gasteiger partial charge in [-0.15, -0.1) is 0 Å². The van der Waals surface area contributed by atoms with E-state index in [1.807, 2.05) is 0 Å². The number of aromatic nitrogens is 8. The van der Waals surface area contributed by atoms with Crippen LogP contribution in [0.15, 0.2) is 34.4 Å². The summed E-state index contributed by atoms with van der Waals surface area (Å²) in [5, 5.41) is 13.4. The maximum Gasteiger partial charge on any atom is 0.343 e. The number of hydrogen-bond donors (Lipinski definition) is 2. The number of aryl methyl sites for hydroxylation is 1. The van der Waals surface area contributed by atoms with E-state index in [4.69, 9.17) is 14.6 Å². The highest BCUT2D eigenvalue weighted by Crippen LogP contribution is 2.19. The number of ether oxygens (including phenoxy) is 2. The number of rotatable bonds is 6. The first kappa shape index (κ1) is 21.4. The predicted molar refractivity (Wildman–Crippen MR) is 117 cm³/mol. The van der Waals surface area contributed by atoms with Gasteiger partial charge in [0.2, 0.25) is 5.95 Å². The zero-order valence-electron chi connectivity index (χ0n) is 18.0. The lowest BCUT2D eigenvalue weighted by molar-refractivity contribution is 0.0499. The predicted octanol–water partition coefficient (Wildman–Crippen LogP) is -0.472. The number of carbonyl (C=O) groups is 1. The molecule has 5 aromatic heterocycles. The van der Waals surface area contributed by atoms with E-state index in [9.17, 15) is 14.4 Å². The third-order valence-corrected chi connectivity index (χ3v) is 5.23. The summed E-state index contributed by atoms with van der Waals surface area (Å²) in [4.78, 5) is 53.2. The van der Waals surface area contributed by atoms with Gasteiger partial charge >= 0.3 is 5.97 Å². The molecule has 5 aromatic rings. The van der Waals surface area contributed by atoms with E-state index in [0.29, 0.717) is 11.2 Å². The van der Waals surface area contributed by atoms with Crippen LogP contribution >= 0.6 is 0 Å². The molecule has 0 aliphatic heterocycles. The molecule has 2 N–H and O–H groups in total. The molecule has 0 aliphatic carbocycles. The number of carbonyl (C=O) groups excluding carboxylic acids is 1. The van der Waals surface area contributed by atoms with Gasteiger partial charge in [0, 0.05) is 12.4 Å². The van der Waals surface area contributed by atoms with Crippen LogP contribution in [0.25, 0.3) is 33.7 Å². The minimum absolute atomic E-state index is 0.0165. The van der Waals surface area contributed by atoms with Crippen molar-refractivity contribution in [2.24, 2.45) is 0 Å². The number of esters is 1. The largest absolute Gasteiger partial charge is 0.465 e. The second kappa shape index (κ2) is 8.17. The van der Waals surface area contributed by atoms with Gasteiger partial charge in [-0.25, -0.2) is 19.3 Å². The average Bonchev–Trinajstić information content (AvgIpc) is 3.39. The van der Waals surface area contributed by atoms with Crippen molar-refractivity contribution in [1.82, 2.24) is 38.7 Å². The number of fused-ring (bicyclic) bond motifs is 4. The summed E-state index contributed by atoms with van der Waals surface area (Å²) in [7, 11) is 1.26. The molecule has 5 heterocycles. The quantitative estimate of drug-likeness (QED) is 0.246. The number of aromatic amines is 1. The molecule has 0 bridgehead atoms. The van der Waals surface area contributed by atoms with Gasteiger partial charge in [0.25, 0.3) is 11.1 Å². The first-order chi connectivity index (χ1) is 16.4. The Balaban J connectivity index is 1.67. The summed E-state index contributed by atoms with van der Waals surface area (Å²) >= 11 is 0. The van der Waals surface area contributed by atoms with Crippen LogP contribution in [0.4, 0.5) is 0 Å². The standard InChI is InChI=1S/C20H18N8O6/c1-10-13(19(32)33-2)15-21-7-11-12(28(15)25-10)3-4-27(18(11)31)20-23-16-14(17(30)24-20)22-8-26(16)9-34-6-5-29/h3-4,7-8,29H,5-6,9H2,1-2H3,(H,23,24,30). The number of H-pyrrole nitrogens is 1. The first-order valence-corrected chi connectivity index (χ1v) is 10.1. The van der Waals surface area contributed by atoms with Gasteiger partial charge < -0.3 is 14.6 Å². The second-order valence-electron chi connectivity index (χ2n) is 7.27. The van der Waals surface area contributed by atoms with Crippen molar-refractivity contribution in [2.45, 2.75) is 13.7 Å². The molecule has 0 spiro atoms. The molecule has 14 heteroatoms. The molecule has 34 heavy (non-hydrogen) atoms. The Morgan fingerprint density at radius 3 is 2.82 bits per heavy atom. The zero-order valence-corrected chi connectivity index (χ0v) is 18.0. The monoisotopic (exact) mass is 466 g/mol. The van der Waals surface area contributed by atoms with E-state index in [-0.39, 0.29) is 53.7 Å². The maximum absolute atomic E-state index is 13.3. The van der Waals surface area contributed by atoms with Crippen molar-refractivity contribution >= 4 is 33.7 Å². The van der Waals surface area contributed by atoms with E-state index in [1.165, 1.54) is 39.5 Å². The van der Waals surface area contributed by atoms with Gasteiger partial charge in [0.05, 0.1) is 43.2 Å². The van der Waals surface area contributed by atoms with Gasteiger partial charge in [0.15, 0.2) is 16.8 Å². The van der Waals surface area contributed by atoms with Crippen molar-refractivity contribution in [3.63, 3.8) is 0 Å². The number of nitrogens with one attached hydrogen (secondary N) is 1. The van der Waals surface area contributed by atoms with Crippen LogP contribution in [0.5, 0.6) is 0 Å². The highest BCUT2D eigenvalue weighted by Gasteiger charge is 2.21. The van der Waals surface area contributed by atoms with Crippen molar-refractivity contribution in [3.05, 3.63) is 56.8 Å². The Kier molecular flexibility index (Phi) is 5.14. The first-order valence-electron chi connectivity index (χ1n) is 10.1. The topological polar surface area (TPSA) is 172 Å². The molecule has 0 amide bonds. The summed E-state index contributed by atoms with van der Waals surface area (Å²) in [5.41, 5.74) is 0.533. The molecule has 14 nitrogen and oxygen atoms in total. The number of aliphatic hydroxyl groups excluding tert-OH is 1. The Labute approximate surface area is 189 Å². The Morgan fingerprint density at radius 2 is 2.06 bits per heavy atom. The molecule has 0 aromatic carbocycles. The van der Waals surface area contributed by atoms with E-state index in [1.54, 1.807) is 13.0 Å². The van der Waals surface area contributed by atoms with E-state index < -0.39 is 17.1 Å². The summed E-state index contributed by atoms with van der Waals surface area (Å²) in [6, 6.07) is 1.60. The van der Waals surface area contributed by atoms with Crippen LogP contribution in [-0.2, 0) is 16.2 Å². The van der Waals surface area contributed by atoms with E-state index >= 15 is 0 Å². The maximum atomic E-state index is 13.3. The third kappa shape index (κ3) is 3.23. The number of hydrogen-bond acceptors (Lipinski definition) is 10. The van der Waals surface area contributed by atoms with Crippen LogP contribution in [0.1, 0.15) is 16.1 Å². The molecule has 0 saturated heterocycles. The lowest BCUT2D eigenvalue weighted by atomic mass is 10.2. The molecule has 0 atom stereocenters. The van der Waals surface area contributed by atoms with Crippen LogP contribution in [0.2, 0.25) is 0 Å². The molecule has 0 radical (unpaired) electrons. The summed E-state index contributed by atoms with van der Waals surface area (Å²) in [5.74, 6) is -0.609. The fourth-order valence-corrected chi connectivity index (χ4v) is 3.66. The van der Waals surface area contributed by atoms with Crippen molar-refractivity contribution in [3.8, 4) is 5.95 Å². The Bertz CT molecular complexity index is 1700. The van der Waals surface area contributed by atoms with Crippen molar-refractivity contribution in [2.75, 3.05) is 20.3 Å². The van der Waals surface area contributed by atoms with Gasteiger partial charge in [-0.05, 0) is 13.0 Å². The van der Waals surface area contributed by atoms with Crippen LogP contribution < -0.4 is 11.1 Å². The van der Waals surface area contributed by atoms with Crippen molar-refractivity contribution in [1.29, 1.82) is 0 Å². The normalized spacial score (nSPS) is 11.6. The van der Waals surface area contributed by atoms with Crippen LogP contribution in [-0.4, -0.2) is 70.1 Å². The molecular weight excluding hydrogens is 448 g/mol. The molecule has 0 aliphatic rings. The van der Waals surface area contributed by atoms with Crippen LogP contribution in [0.3, 0.4) is 0 Å². The lowest BCUT2D eigenvalue weighted by Gasteiger charge is -2.08. The number of pyridine rings is 1. The number of imidazole rings is 1. The fraction of sp³-hybridized carbons (Fsp3) is 0.250. The fourth-order valence-electron chi connectivity index (χ4n) is 3.66.